The Morgan fingerprint density at radius 2 is 2.12 bits per heavy atom. The fourth-order valence-corrected chi connectivity index (χ4v) is 1.33. The average molecular weight is 259 g/mol. The molecule has 1 aromatic rings. The van der Waals surface area contributed by atoms with Gasteiger partial charge in [0.15, 0.2) is 0 Å². The Bertz CT molecular complexity index is 346. The molecule has 1 heterocycles. The number of hydrogen-bond donors (Lipinski definition) is 1. The Balaban J connectivity index is 2.20. The van der Waals surface area contributed by atoms with E-state index in [2.05, 4.69) is 20.2 Å². The van der Waals surface area contributed by atoms with E-state index in [9.17, 15) is 0 Å². The zero-order valence-electron chi connectivity index (χ0n) is 10.5. The highest BCUT2D eigenvalue weighted by atomic mass is 35.5. The predicted molar refractivity (Wildman–Crippen MR) is 69.6 cm³/mol. The minimum Gasteiger partial charge on any atom is -0.378 e. The fraction of sp³-hybridized carbons (Fsp3) is 0.636. The summed E-state index contributed by atoms with van der Waals surface area (Å²) in [6.07, 6.45) is 1.45. The van der Waals surface area contributed by atoms with Crippen molar-refractivity contribution in [3.8, 4) is 0 Å². The van der Waals surface area contributed by atoms with Crippen molar-refractivity contribution in [1.82, 2.24) is 14.9 Å². The summed E-state index contributed by atoms with van der Waals surface area (Å²) in [5.41, 5.74) is 0.863. The maximum atomic E-state index is 5.88. The van der Waals surface area contributed by atoms with Crippen LogP contribution in [0, 0.1) is 6.92 Å². The zero-order chi connectivity index (χ0) is 12.7. The summed E-state index contributed by atoms with van der Waals surface area (Å²) in [6, 6.07) is 0. The number of halogens is 1. The number of rotatable bonds is 7. The third-order valence-electron chi connectivity index (χ3n) is 2.24. The van der Waals surface area contributed by atoms with Crippen molar-refractivity contribution in [2.24, 2.45) is 0 Å². The third-order valence-corrected chi connectivity index (χ3v) is 2.63. The molecule has 0 amide bonds. The first kappa shape index (κ1) is 14.2. The van der Waals surface area contributed by atoms with Gasteiger partial charge in [-0.2, -0.15) is 0 Å². The Hall–Kier alpha value is -0.910. The van der Waals surface area contributed by atoms with E-state index in [0.717, 1.165) is 24.5 Å². The van der Waals surface area contributed by atoms with Crippen LogP contribution in [-0.4, -0.2) is 55.3 Å². The van der Waals surface area contributed by atoms with E-state index in [1.807, 2.05) is 21.0 Å². The number of nitrogens with one attached hydrogen (secondary N) is 1. The van der Waals surface area contributed by atoms with Crippen LogP contribution in [0.5, 0.6) is 0 Å². The normalized spacial score (nSPS) is 10.9. The van der Waals surface area contributed by atoms with Crippen LogP contribution in [0.1, 0.15) is 5.56 Å². The molecule has 6 heteroatoms. The first-order valence-electron chi connectivity index (χ1n) is 5.54. The van der Waals surface area contributed by atoms with Gasteiger partial charge in [0.1, 0.15) is 17.3 Å². The molecule has 0 spiro atoms. The molecular formula is C11H19ClN4O. The SMILES string of the molecule is Cc1c(Cl)ncnc1NCCOCCN(C)C. The largest absolute Gasteiger partial charge is 0.378 e. The Morgan fingerprint density at radius 1 is 1.35 bits per heavy atom. The topological polar surface area (TPSA) is 50.3 Å². The molecule has 0 unspecified atom stereocenters. The molecule has 0 fully saturated rings. The molecule has 0 atom stereocenters. The minimum atomic E-state index is 0.482. The van der Waals surface area contributed by atoms with Gasteiger partial charge in [-0.15, -0.1) is 0 Å². The fourth-order valence-electron chi connectivity index (χ4n) is 1.20. The monoisotopic (exact) mass is 258 g/mol. The first-order valence-corrected chi connectivity index (χ1v) is 5.92. The number of likely N-dealkylation sites (N-methyl/N-ethyl adjacent to an activating group) is 1. The lowest BCUT2D eigenvalue weighted by Gasteiger charge is -2.11. The lowest BCUT2D eigenvalue weighted by molar-refractivity contribution is 0.126. The standard InChI is InChI=1S/C11H19ClN4O/c1-9-10(12)14-8-15-11(9)13-4-6-17-7-5-16(2)3/h8H,4-7H2,1-3H3,(H,13,14,15). The van der Waals surface area contributed by atoms with Gasteiger partial charge in [-0.05, 0) is 21.0 Å². The van der Waals surface area contributed by atoms with E-state index in [-0.39, 0.29) is 0 Å². The van der Waals surface area contributed by atoms with Crippen LogP contribution in [-0.2, 0) is 4.74 Å². The van der Waals surface area contributed by atoms with Crippen molar-refractivity contribution < 1.29 is 4.74 Å². The molecule has 96 valence electrons. The molecule has 5 nitrogen and oxygen atoms in total. The van der Waals surface area contributed by atoms with Gasteiger partial charge < -0.3 is 15.0 Å². The maximum Gasteiger partial charge on any atom is 0.137 e. The van der Waals surface area contributed by atoms with Gasteiger partial charge in [-0.1, -0.05) is 11.6 Å². The van der Waals surface area contributed by atoms with E-state index < -0.39 is 0 Å². The highest BCUT2D eigenvalue weighted by molar-refractivity contribution is 6.30. The van der Waals surface area contributed by atoms with Gasteiger partial charge >= 0.3 is 0 Å². The second-order valence-corrected chi connectivity index (χ2v) is 4.34. The molecule has 17 heavy (non-hydrogen) atoms. The van der Waals surface area contributed by atoms with E-state index >= 15 is 0 Å². The lowest BCUT2D eigenvalue weighted by Crippen LogP contribution is -2.20. The van der Waals surface area contributed by atoms with Gasteiger partial charge in [0.05, 0.1) is 13.2 Å². The second kappa shape index (κ2) is 7.42. The zero-order valence-corrected chi connectivity index (χ0v) is 11.3. The molecule has 0 saturated carbocycles. The van der Waals surface area contributed by atoms with Crippen LogP contribution in [0.3, 0.4) is 0 Å². The second-order valence-electron chi connectivity index (χ2n) is 3.98. The Labute approximate surface area is 107 Å². The summed E-state index contributed by atoms with van der Waals surface area (Å²) < 4.78 is 5.46. The Morgan fingerprint density at radius 3 is 2.82 bits per heavy atom. The first-order chi connectivity index (χ1) is 8.11. The van der Waals surface area contributed by atoms with Crippen LogP contribution >= 0.6 is 11.6 Å². The van der Waals surface area contributed by atoms with Gasteiger partial charge in [0.25, 0.3) is 0 Å². The van der Waals surface area contributed by atoms with Crippen molar-refractivity contribution in [3.05, 3.63) is 17.0 Å². The molecule has 1 aromatic heterocycles. The molecule has 0 bridgehead atoms. The number of ether oxygens (including phenoxy) is 1. The van der Waals surface area contributed by atoms with E-state index in [0.29, 0.717) is 18.3 Å². The summed E-state index contributed by atoms with van der Waals surface area (Å²) in [5.74, 6) is 0.765. The van der Waals surface area contributed by atoms with Gasteiger partial charge in [0, 0.05) is 18.7 Å². The van der Waals surface area contributed by atoms with E-state index in [1.165, 1.54) is 6.33 Å². The molecule has 0 saturated heterocycles. The Kier molecular flexibility index (Phi) is 6.18. The minimum absolute atomic E-state index is 0.482. The molecule has 0 aliphatic rings. The van der Waals surface area contributed by atoms with Crippen LogP contribution in [0.15, 0.2) is 6.33 Å². The molecule has 1 rings (SSSR count). The number of aromatic nitrogens is 2. The smallest absolute Gasteiger partial charge is 0.137 e. The van der Waals surface area contributed by atoms with Gasteiger partial charge in [-0.25, -0.2) is 9.97 Å². The van der Waals surface area contributed by atoms with Crippen LogP contribution in [0.2, 0.25) is 5.15 Å². The van der Waals surface area contributed by atoms with Crippen molar-refractivity contribution in [1.29, 1.82) is 0 Å². The average Bonchev–Trinajstić information content (AvgIpc) is 2.28. The van der Waals surface area contributed by atoms with Crippen molar-refractivity contribution in [3.63, 3.8) is 0 Å². The lowest BCUT2D eigenvalue weighted by atomic mass is 10.3. The van der Waals surface area contributed by atoms with E-state index in [4.69, 9.17) is 16.3 Å². The number of hydrogen-bond acceptors (Lipinski definition) is 5. The summed E-state index contributed by atoms with van der Waals surface area (Å²) >= 11 is 5.88. The van der Waals surface area contributed by atoms with E-state index in [1.54, 1.807) is 0 Å². The highest BCUT2D eigenvalue weighted by Crippen LogP contribution is 2.17. The quantitative estimate of drug-likeness (QED) is 0.592. The predicted octanol–water partition coefficient (Wildman–Crippen LogP) is 1.43. The van der Waals surface area contributed by atoms with Crippen molar-refractivity contribution in [2.75, 3.05) is 45.7 Å². The molecule has 0 aromatic carbocycles. The molecule has 0 aliphatic carbocycles. The van der Waals surface area contributed by atoms with Crippen molar-refractivity contribution in [2.45, 2.75) is 6.92 Å². The summed E-state index contributed by atoms with van der Waals surface area (Å²) in [4.78, 5) is 10.1. The summed E-state index contributed by atoms with van der Waals surface area (Å²) in [7, 11) is 4.04. The van der Waals surface area contributed by atoms with Gasteiger partial charge in [0.2, 0.25) is 0 Å². The number of nitrogens with zero attached hydrogens (tertiary/aromatic N) is 3. The van der Waals surface area contributed by atoms with Crippen LogP contribution in [0.4, 0.5) is 5.82 Å². The highest BCUT2D eigenvalue weighted by Gasteiger charge is 2.03. The van der Waals surface area contributed by atoms with Gasteiger partial charge in [-0.3, -0.25) is 0 Å². The van der Waals surface area contributed by atoms with Crippen molar-refractivity contribution >= 4 is 17.4 Å². The summed E-state index contributed by atoms with van der Waals surface area (Å²) in [6.45, 7) is 4.91. The number of anilines is 1. The molecule has 0 aliphatic heterocycles. The third kappa shape index (κ3) is 5.30. The molecule has 0 radical (unpaired) electrons. The summed E-state index contributed by atoms with van der Waals surface area (Å²) in [5, 5.41) is 3.65. The maximum absolute atomic E-state index is 5.88. The van der Waals surface area contributed by atoms with Crippen LogP contribution in [0.25, 0.3) is 0 Å². The molecule has 1 N–H and O–H groups in total. The molecular weight excluding hydrogens is 240 g/mol. The van der Waals surface area contributed by atoms with Crippen LogP contribution < -0.4 is 5.32 Å².